The molecule has 1 aliphatic heterocycles. The molecule has 1 rings (SSSR count). The van der Waals surface area contributed by atoms with E-state index in [2.05, 4.69) is 17.2 Å². The largest absolute Gasteiger partial charge is 0.445 e. The first-order valence-electron chi connectivity index (χ1n) is 4.58. The molecule has 0 unspecified atom stereocenters. The van der Waals surface area contributed by atoms with Gasteiger partial charge in [0.25, 0.3) is 0 Å². The van der Waals surface area contributed by atoms with E-state index in [9.17, 15) is 4.79 Å². The molecule has 0 aromatic heterocycles. The van der Waals surface area contributed by atoms with E-state index in [0.717, 1.165) is 25.9 Å². The number of carbonyl (C=O) groups is 1. The third-order valence-corrected chi connectivity index (χ3v) is 1.99. The number of hydrogen-bond donors (Lipinski definition) is 2. The number of ether oxygens (including phenoxy) is 1. The maximum absolute atomic E-state index is 11.1. The van der Waals surface area contributed by atoms with E-state index in [-0.39, 0.29) is 18.7 Å². The van der Waals surface area contributed by atoms with E-state index in [1.807, 2.05) is 0 Å². The minimum Gasteiger partial charge on any atom is -0.445 e. The zero-order chi connectivity index (χ0) is 9.52. The predicted octanol–water partition coefficient (Wildman–Crippen LogP) is 0.651. The lowest BCUT2D eigenvalue weighted by Gasteiger charge is -2.23. The van der Waals surface area contributed by atoms with Crippen LogP contribution in [0.2, 0.25) is 0 Å². The van der Waals surface area contributed by atoms with E-state index in [1.165, 1.54) is 0 Å². The fraction of sp³-hybridized carbons (Fsp3) is 0.667. The summed E-state index contributed by atoms with van der Waals surface area (Å²) in [6.07, 6.45) is 3.17. The van der Waals surface area contributed by atoms with Crippen LogP contribution in [0, 0.1) is 0 Å². The monoisotopic (exact) mass is 184 g/mol. The van der Waals surface area contributed by atoms with Gasteiger partial charge in [-0.05, 0) is 25.9 Å². The van der Waals surface area contributed by atoms with Gasteiger partial charge in [-0.25, -0.2) is 4.79 Å². The third-order valence-electron chi connectivity index (χ3n) is 1.99. The molecule has 0 saturated carbocycles. The van der Waals surface area contributed by atoms with Gasteiger partial charge < -0.3 is 15.4 Å². The molecule has 1 aliphatic rings. The van der Waals surface area contributed by atoms with Crippen molar-refractivity contribution in [3.05, 3.63) is 12.7 Å². The molecule has 1 amide bonds. The van der Waals surface area contributed by atoms with Crippen molar-refractivity contribution in [2.75, 3.05) is 19.7 Å². The van der Waals surface area contributed by atoms with E-state index in [4.69, 9.17) is 4.74 Å². The standard InChI is InChI=1S/C9H16N2O2/c1-2-7-13-9(12)11-8-3-5-10-6-4-8/h2,8,10H,1,3-7H2,(H,11,12). The Balaban J connectivity index is 2.14. The lowest BCUT2D eigenvalue weighted by Crippen LogP contribution is -2.42. The van der Waals surface area contributed by atoms with Crippen molar-refractivity contribution in [2.45, 2.75) is 18.9 Å². The summed E-state index contributed by atoms with van der Waals surface area (Å²) in [6.45, 7) is 5.67. The summed E-state index contributed by atoms with van der Waals surface area (Å²) in [6, 6.07) is 0.263. The van der Waals surface area contributed by atoms with Crippen LogP contribution in [0.25, 0.3) is 0 Å². The Kier molecular flexibility index (Phi) is 4.32. The normalized spacial score (nSPS) is 17.8. The lowest BCUT2D eigenvalue weighted by molar-refractivity contribution is 0.151. The van der Waals surface area contributed by atoms with Gasteiger partial charge in [0.15, 0.2) is 0 Å². The Morgan fingerprint density at radius 2 is 2.31 bits per heavy atom. The number of hydrogen-bond acceptors (Lipinski definition) is 3. The van der Waals surface area contributed by atoms with Gasteiger partial charge in [-0.3, -0.25) is 0 Å². The maximum atomic E-state index is 11.1. The Hall–Kier alpha value is -1.03. The second kappa shape index (κ2) is 5.59. The minimum absolute atomic E-state index is 0.263. The Morgan fingerprint density at radius 1 is 1.62 bits per heavy atom. The Morgan fingerprint density at radius 3 is 2.92 bits per heavy atom. The molecular formula is C9H16N2O2. The number of carbonyl (C=O) groups excluding carboxylic acids is 1. The summed E-state index contributed by atoms with van der Waals surface area (Å²) in [4.78, 5) is 11.1. The molecule has 0 aliphatic carbocycles. The van der Waals surface area contributed by atoms with Crippen molar-refractivity contribution in [2.24, 2.45) is 0 Å². The number of alkyl carbamates (subject to hydrolysis) is 1. The first-order valence-corrected chi connectivity index (χ1v) is 4.58. The van der Waals surface area contributed by atoms with Crippen LogP contribution in [0.1, 0.15) is 12.8 Å². The molecule has 1 saturated heterocycles. The summed E-state index contributed by atoms with van der Waals surface area (Å²) in [7, 11) is 0. The minimum atomic E-state index is -0.341. The van der Waals surface area contributed by atoms with Gasteiger partial charge in [0.1, 0.15) is 6.61 Å². The number of rotatable bonds is 3. The van der Waals surface area contributed by atoms with Crippen LogP contribution in [-0.2, 0) is 4.74 Å². The SMILES string of the molecule is C=CCOC(=O)NC1CCNCC1. The van der Waals surface area contributed by atoms with Gasteiger partial charge in [-0.2, -0.15) is 0 Å². The highest BCUT2D eigenvalue weighted by Crippen LogP contribution is 2.01. The number of piperidine rings is 1. The highest BCUT2D eigenvalue weighted by Gasteiger charge is 2.15. The molecule has 74 valence electrons. The molecular weight excluding hydrogens is 168 g/mol. The predicted molar refractivity (Wildman–Crippen MR) is 50.6 cm³/mol. The van der Waals surface area contributed by atoms with E-state index in [0.29, 0.717) is 0 Å². The van der Waals surface area contributed by atoms with Crippen molar-refractivity contribution < 1.29 is 9.53 Å². The molecule has 1 heterocycles. The van der Waals surface area contributed by atoms with Gasteiger partial charge in [0.2, 0.25) is 0 Å². The van der Waals surface area contributed by atoms with Crippen LogP contribution < -0.4 is 10.6 Å². The van der Waals surface area contributed by atoms with Gasteiger partial charge in [-0.1, -0.05) is 12.7 Å². The van der Waals surface area contributed by atoms with Crippen LogP contribution >= 0.6 is 0 Å². The molecule has 0 aromatic carbocycles. The molecule has 0 atom stereocenters. The second-order valence-electron chi connectivity index (χ2n) is 3.06. The zero-order valence-electron chi connectivity index (χ0n) is 7.71. The second-order valence-corrected chi connectivity index (χ2v) is 3.06. The molecule has 0 spiro atoms. The van der Waals surface area contributed by atoms with Gasteiger partial charge >= 0.3 is 6.09 Å². The van der Waals surface area contributed by atoms with Crippen molar-refractivity contribution in [3.8, 4) is 0 Å². The maximum Gasteiger partial charge on any atom is 0.407 e. The average Bonchev–Trinajstić information content (AvgIpc) is 2.16. The molecule has 4 nitrogen and oxygen atoms in total. The molecule has 0 aromatic rings. The highest BCUT2D eigenvalue weighted by atomic mass is 16.5. The van der Waals surface area contributed by atoms with Crippen LogP contribution in [0.15, 0.2) is 12.7 Å². The first kappa shape index (κ1) is 10.1. The Labute approximate surface area is 78.3 Å². The smallest absolute Gasteiger partial charge is 0.407 e. The number of nitrogens with one attached hydrogen (secondary N) is 2. The lowest BCUT2D eigenvalue weighted by atomic mass is 10.1. The summed E-state index contributed by atoms with van der Waals surface area (Å²) >= 11 is 0. The summed E-state index contributed by atoms with van der Waals surface area (Å²) in [5.74, 6) is 0. The first-order chi connectivity index (χ1) is 6.33. The van der Waals surface area contributed by atoms with E-state index >= 15 is 0 Å². The van der Waals surface area contributed by atoms with Crippen LogP contribution in [0.3, 0.4) is 0 Å². The third kappa shape index (κ3) is 3.94. The average molecular weight is 184 g/mol. The van der Waals surface area contributed by atoms with Crippen molar-refractivity contribution >= 4 is 6.09 Å². The summed E-state index contributed by atoms with van der Waals surface area (Å²) in [5.41, 5.74) is 0. The molecule has 2 N–H and O–H groups in total. The summed E-state index contributed by atoms with van der Waals surface area (Å²) in [5, 5.41) is 6.03. The molecule has 13 heavy (non-hydrogen) atoms. The fourth-order valence-electron chi connectivity index (χ4n) is 1.31. The van der Waals surface area contributed by atoms with Crippen LogP contribution in [-0.4, -0.2) is 31.8 Å². The van der Waals surface area contributed by atoms with E-state index in [1.54, 1.807) is 6.08 Å². The number of amides is 1. The van der Waals surface area contributed by atoms with E-state index < -0.39 is 0 Å². The van der Waals surface area contributed by atoms with Crippen molar-refractivity contribution in [1.29, 1.82) is 0 Å². The molecule has 4 heteroatoms. The van der Waals surface area contributed by atoms with Gasteiger partial charge in [0.05, 0.1) is 0 Å². The van der Waals surface area contributed by atoms with Crippen LogP contribution in [0.5, 0.6) is 0 Å². The fourth-order valence-corrected chi connectivity index (χ4v) is 1.31. The van der Waals surface area contributed by atoms with Crippen molar-refractivity contribution in [3.63, 3.8) is 0 Å². The Bertz CT molecular complexity index is 176. The molecule has 0 bridgehead atoms. The molecule has 0 radical (unpaired) electrons. The van der Waals surface area contributed by atoms with Gasteiger partial charge in [-0.15, -0.1) is 0 Å². The quantitative estimate of drug-likeness (QED) is 0.633. The highest BCUT2D eigenvalue weighted by molar-refractivity contribution is 5.67. The summed E-state index contributed by atoms with van der Waals surface area (Å²) < 4.78 is 4.81. The van der Waals surface area contributed by atoms with Crippen LogP contribution in [0.4, 0.5) is 4.79 Å². The zero-order valence-corrected chi connectivity index (χ0v) is 7.71. The molecule has 1 fully saturated rings. The van der Waals surface area contributed by atoms with Gasteiger partial charge in [0, 0.05) is 6.04 Å². The topological polar surface area (TPSA) is 50.4 Å². The van der Waals surface area contributed by atoms with Crippen molar-refractivity contribution in [1.82, 2.24) is 10.6 Å².